The summed E-state index contributed by atoms with van der Waals surface area (Å²) in [7, 11) is -3.19. The molecular weight excluding hydrogens is 404 g/mol. The minimum Gasteiger partial charge on any atom is -0.334 e. The van der Waals surface area contributed by atoms with Gasteiger partial charge in [-0.1, -0.05) is 41.9 Å². The average Bonchev–Trinajstić information content (AvgIpc) is 3.02. The van der Waals surface area contributed by atoms with Crippen molar-refractivity contribution in [2.75, 3.05) is 18.1 Å². The molecule has 0 bridgehead atoms. The Morgan fingerprint density at radius 1 is 1.21 bits per heavy atom. The van der Waals surface area contributed by atoms with Crippen molar-refractivity contribution in [3.8, 4) is 0 Å². The highest BCUT2D eigenvalue weighted by Gasteiger charge is 2.35. The average molecular weight is 423 g/mol. The summed E-state index contributed by atoms with van der Waals surface area (Å²) < 4.78 is 23.8. The highest BCUT2D eigenvalue weighted by atomic mass is 35.5. The molecule has 1 aliphatic heterocycles. The maximum Gasteiger partial charge on any atom is 0.288 e. The monoisotopic (exact) mass is 422 g/mol. The summed E-state index contributed by atoms with van der Waals surface area (Å²) in [6.07, 6.45) is 0.914. The Balaban J connectivity index is 1.88. The number of nitrogens with zero attached hydrogens (tertiary/aromatic N) is 2. The summed E-state index contributed by atoms with van der Waals surface area (Å²) in [5.74, 6) is -0.491. The molecule has 2 aromatic carbocycles. The van der Waals surface area contributed by atoms with Crippen LogP contribution in [0.5, 0.6) is 0 Å². The lowest BCUT2D eigenvalue weighted by atomic mass is 10.1. The van der Waals surface area contributed by atoms with Crippen molar-refractivity contribution in [3.63, 3.8) is 0 Å². The molecule has 0 N–H and O–H groups in total. The van der Waals surface area contributed by atoms with Gasteiger partial charge in [-0.25, -0.2) is 8.42 Å². The first kappa shape index (κ1) is 20.3. The maximum atomic E-state index is 13.1. The third-order valence-corrected chi connectivity index (χ3v) is 6.85. The first-order chi connectivity index (χ1) is 13.3. The lowest BCUT2D eigenvalue weighted by Gasteiger charge is -2.28. The molecule has 0 spiro atoms. The van der Waals surface area contributed by atoms with E-state index in [1.165, 1.54) is 17.0 Å². The van der Waals surface area contributed by atoms with Crippen LogP contribution in [0.15, 0.2) is 48.5 Å². The van der Waals surface area contributed by atoms with Gasteiger partial charge in [0.05, 0.1) is 16.4 Å². The normalized spacial score (nSPS) is 18.0. The zero-order valence-corrected chi connectivity index (χ0v) is 16.5. The largest absolute Gasteiger partial charge is 0.334 e. The molecule has 1 aliphatic rings. The van der Waals surface area contributed by atoms with Gasteiger partial charge >= 0.3 is 0 Å². The zero-order chi connectivity index (χ0) is 20.3. The molecule has 0 saturated carbocycles. The van der Waals surface area contributed by atoms with E-state index < -0.39 is 26.7 Å². The number of rotatable bonds is 6. The fraction of sp³-hybridized carbons (Fsp3) is 0.316. The van der Waals surface area contributed by atoms with Crippen molar-refractivity contribution >= 4 is 33.0 Å². The molecule has 0 unspecified atom stereocenters. The molecule has 7 nitrogen and oxygen atoms in total. The molecule has 2 aromatic rings. The van der Waals surface area contributed by atoms with Crippen molar-refractivity contribution in [1.82, 2.24) is 4.90 Å². The molecule has 28 heavy (non-hydrogen) atoms. The van der Waals surface area contributed by atoms with E-state index in [4.69, 9.17) is 11.6 Å². The van der Waals surface area contributed by atoms with E-state index in [9.17, 15) is 23.3 Å². The Hall–Kier alpha value is -2.45. The Labute approximate surface area is 168 Å². The molecule has 0 aromatic heterocycles. The van der Waals surface area contributed by atoms with Crippen LogP contribution in [-0.4, -0.2) is 48.2 Å². The van der Waals surface area contributed by atoms with E-state index in [-0.39, 0.29) is 27.8 Å². The van der Waals surface area contributed by atoms with E-state index >= 15 is 0 Å². The highest BCUT2D eigenvalue weighted by Crippen LogP contribution is 2.27. The quantitative estimate of drug-likeness (QED) is 0.526. The number of halogens is 1. The highest BCUT2D eigenvalue weighted by molar-refractivity contribution is 7.91. The number of hydrogen-bond acceptors (Lipinski definition) is 5. The Morgan fingerprint density at radius 2 is 1.93 bits per heavy atom. The molecule has 1 fully saturated rings. The lowest BCUT2D eigenvalue weighted by molar-refractivity contribution is -0.384. The number of hydrogen-bond donors (Lipinski definition) is 0. The summed E-state index contributed by atoms with van der Waals surface area (Å²) in [4.78, 5) is 25.1. The van der Waals surface area contributed by atoms with Gasteiger partial charge in [-0.3, -0.25) is 14.9 Å². The van der Waals surface area contributed by atoms with Gasteiger partial charge in [-0.15, -0.1) is 0 Å². The van der Waals surface area contributed by atoms with Crippen molar-refractivity contribution in [3.05, 3.63) is 74.8 Å². The van der Waals surface area contributed by atoms with Gasteiger partial charge in [-0.05, 0) is 30.5 Å². The topological polar surface area (TPSA) is 97.6 Å². The number of carbonyl (C=O) groups is 1. The standard InChI is InChI=1S/C19H19ClN2O5S/c20-17-7-6-15(12-18(17)22(24)25)19(23)21(16-9-11-28(26,27)13-16)10-8-14-4-2-1-3-5-14/h1-7,12,16H,8-11,13H2/t16-/m0/s1. The molecule has 3 rings (SSSR count). The number of benzene rings is 2. The molecule has 1 saturated heterocycles. The van der Waals surface area contributed by atoms with Crippen LogP contribution in [0, 0.1) is 10.1 Å². The fourth-order valence-corrected chi connectivity index (χ4v) is 5.23. The van der Waals surface area contributed by atoms with Gasteiger partial charge in [0.2, 0.25) is 0 Å². The first-order valence-corrected chi connectivity index (χ1v) is 11.0. The number of carbonyl (C=O) groups excluding carboxylic acids is 1. The van der Waals surface area contributed by atoms with E-state index in [0.717, 1.165) is 11.6 Å². The third kappa shape index (κ3) is 4.69. The van der Waals surface area contributed by atoms with E-state index in [1.54, 1.807) is 0 Å². The molecule has 1 amide bonds. The zero-order valence-electron chi connectivity index (χ0n) is 15.0. The number of sulfone groups is 1. The van der Waals surface area contributed by atoms with Gasteiger partial charge < -0.3 is 4.90 Å². The summed E-state index contributed by atoms with van der Waals surface area (Å²) in [5.41, 5.74) is 0.784. The van der Waals surface area contributed by atoms with Crippen LogP contribution in [-0.2, 0) is 16.3 Å². The van der Waals surface area contributed by atoms with Crippen LogP contribution in [0.2, 0.25) is 5.02 Å². The molecule has 148 valence electrons. The van der Waals surface area contributed by atoms with E-state index in [2.05, 4.69) is 0 Å². The summed E-state index contributed by atoms with van der Waals surface area (Å²) in [6, 6.07) is 13.0. The predicted molar refractivity (Wildman–Crippen MR) is 106 cm³/mol. The molecule has 0 aliphatic carbocycles. The van der Waals surface area contributed by atoms with E-state index in [1.807, 2.05) is 30.3 Å². The second kappa shape index (κ2) is 8.28. The summed E-state index contributed by atoms with van der Waals surface area (Å²) >= 11 is 5.84. The fourth-order valence-electron chi connectivity index (χ4n) is 3.32. The third-order valence-electron chi connectivity index (χ3n) is 4.78. The van der Waals surface area contributed by atoms with Crippen LogP contribution in [0.4, 0.5) is 5.69 Å². The van der Waals surface area contributed by atoms with Crippen molar-refractivity contribution in [1.29, 1.82) is 0 Å². The van der Waals surface area contributed by atoms with Crippen LogP contribution >= 0.6 is 11.6 Å². The van der Waals surface area contributed by atoms with Crippen LogP contribution in [0.1, 0.15) is 22.3 Å². The number of nitro benzene ring substituents is 1. The Kier molecular flexibility index (Phi) is 6.00. The SMILES string of the molecule is O=C(c1ccc(Cl)c([N+](=O)[O-])c1)N(CCc1ccccc1)[C@H]1CCS(=O)(=O)C1. The van der Waals surface area contributed by atoms with Gasteiger partial charge in [0, 0.05) is 24.2 Å². The van der Waals surface area contributed by atoms with Gasteiger partial charge in [-0.2, -0.15) is 0 Å². The van der Waals surface area contributed by atoms with Gasteiger partial charge in [0.25, 0.3) is 11.6 Å². The van der Waals surface area contributed by atoms with Gasteiger partial charge in [0.15, 0.2) is 9.84 Å². The second-order valence-electron chi connectivity index (χ2n) is 6.71. The Bertz CT molecular complexity index is 995. The van der Waals surface area contributed by atoms with E-state index in [0.29, 0.717) is 19.4 Å². The van der Waals surface area contributed by atoms with Crippen molar-refractivity contribution in [2.24, 2.45) is 0 Å². The number of nitro groups is 1. The van der Waals surface area contributed by atoms with Crippen LogP contribution < -0.4 is 0 Å². The van der Waals surface area contributed by atoms with Gasteiger partial charge in [0.1, 0.15) is 5.02 Å². The molecule has 1 heterocycles. The Morgan fingerprint density at radius 3 is 2.54 bits per heavy atom. The van der Waals surface area contributed by atoms with Crippen molar-refractivity contribution in [2.45, 2.75) is 18.9 Å². The molecule has 0 radical (unpaired) electrons. The smallest absolute Gasteiger partial charge is 0.288 e. The van der Waals surface area contributed by atoms with Crippen LogP contribution in [0.3, 0.4) is 0 Å². The molecule has 1 atom stereocenters. The predicted octanol–water partition coefficient (Wildman–Crippen LogP) is 3.12. The van der Waals surface area contributed by atoms with Crippen LogP contribution in [0.25, 0.3) is 0 Å². The minimum atomic E-state index is -3.19. The second-order valence-corrected chi connectivity index (χ2v) is 9.35. The summed E-state index contributed by atoms with van der Waals surface area (Å²) in [5, 5.41) is 11.1. The molecule has 9 heteroatoms. The number of amides is 1. The first-order valence-electron chi connectivity index (χ1n) is 8.76. The summed E-state index contributed by atoms with van der Waals surface area (Å²) in [6.45, 7) is 0.319. The van der Waals surface area contributed by atoms with Crippen molar-refractivity contribution < 1.29 is 18.1 Å². The molecular formula is C19H19ClN2O5S. The maximum absolute atomic E-state index is 13.1. The minimum absolute atomic E-state index is 0.0353. The lowest BCUT2D eigenvalue weighted by Crippen LogP contribution is -2.42.